The van der Waals surface area contributed by atoms with Crippen LogP contribution in [0.3, 0.4) is 0 Å². The Hall–Kier alpha value is -3.06. The fraction of sp³-hybridized carbons (Fsp3) is 0. The molecule has 7 nitrogen and oxygen atoms in total. The van der Waals surface area contributed by atoms with E-state index in [1.807, 2.05) is 0 Å². The Morgan fingerprint density at radius 2 is 2.00 bits per heavy atom. The standard InChI is InChI=1S/C15H10ClN5O2/c16-12-7-9(4-5-17-12)13-18-8-19-15(21-13)20-11-3-1-2-10(6-11)14(22)23/h1-8H,(H,22,23)(H,18,19,20,21). The van der Waals surface area contributed by atoms with E-state index in [0.717, 1.165) is 0 Å². The topological polar surface area (TPSA) is 101 Å². The molecule has 0 aliphatic heterocycles. The first-order chi connectivity index (χ1) is 11.1. The third kappa shape index (κ3) is 3.58. The molecule has 2 N–H and O–H groups in total. The molecule has 0 bridgehead atoms. The summed E-state index contributed by atoms with van der Waals surface area (Å²) in [7, 11) is 0. The number of hydrogen-bond acceptors (Lipinski definition) is 6. The van der Waals surface area contributed by atoms with E-state index in [0.29, 0.717) is 28.2 Å². The summed E-state index contributed by atoms with van der Waals surface area (Å²) in [6.45, 7) is 0. The molecule has 0 atom stereocenters. The highest BCUT2D eigenvalue weighted by Gasteiger charge is 2.07. The summed E-state index contributed by atoms with van der Waals surface area (Å²) in [6.07, 6.45) is 2.92. The molecule has 0 amide bonds. The van der Waals surface area contributed by atoms with Gasteiger partial charge in [-0.15, -0.1) is 0 Å². The fourth-order valence-corrected chi connectivity index (χ4v) is 2.07. The number of carbonyl (C=O) groups is 1. The molecule has 8 heteroatoms. The van der Waals surface area contributed by atoms with Gasteiger partial charge in [0.1, 0.15) is 11.5 Å². The van der Waals surface area contributed by atoms with Gasteiger partial charge in [-0.1, -0.05) is 17.7 Å². The number of rotatable bonds is 4. The van der Waals surface area contributed by atoms with Crippen LogP contribution < -0.4 is 5.32 Å². The summed E-state index contributed by atoms with van der Waals surface area (Å²) in [6, 6.07) is 9.73. The third-order valence-electron chi connectivity index (χ3n) is 2.92. The molecular formula is C15H10ClN5O2. The summed E-state index contributed by atoms with van der Waals surface area (Å²) in [4.78, 5) is 27.3. The summed E-state index contributed by atoms with van der Waals surface area (Å²) in [5.41, 5.74) is 1.44. The van der Waals surface area contributed by atoms with Crippen LogP contribution >= 0.6 is 11.6 Å². The van der Waals surface area contributed by atoms with Crippen molar-refractivity contribution in [2.45, 2.75) is 0 Å². The number of nitrogens with zero attached hydrogens (tertiary/aromatic N) is 4. The minimum absolute atomic E-state index is 0.171. The van der Waals surface area contributed by atoms with Crippen LogP contribution in [0.1, 0.15) is 10.4 Å². The number of nitrogens with one attached hydrogen (secondary N) is 1. The molecule has 1 aromatic carbocycles. The maximum atomic E-state index is 11.0. The quantitative estimate of drug-likeness (QED) is 0.710. The van der Waals surface area contributed by atoms with Gasteiger partial charge in [-0.2, -0.15) is 4.98 Å². The van der Waals surface area contributed by atoms with E-state index in [9.17, 15) is 4.79 Å². The summed E-state index contributed by atoms with van der Waals surface area (Å²) in [5.74, 6) is -0.275. The van der Waals surface area contributed by atoms with Crippen molar-refractivity contribution < 1.29 is 9.90 Å². The minimum atomic E-state index is -1.00. The van der Waals surface area contributed by atoms with Crippen LogP contribution in [-0.4, -0.2) is 31.0 Å². The average Bonchev–Trinajstić information content (AvgIpc) is 2.55. The van der Waals surface area contributed by atoms with Crippen molar-refractivity contribution in [2.24, 2.45) is 0 Å². The van der Waals surface area contributed by atoms with E-state index >= 15 is 0 Å². The van der Waals surface area contributed by atoms with Crippen molar-refractivity contribution in [2.75, 3.05) is 5.32 Å². The monoisotopic (exact) mass is 327 g/mol. The van der Waals surface area contributed by atoms with Crippen molar-refractivity contribution in [1.29, 1.82) is 0 Å². The first-order valence-electron chi connectivity index (χ1n) is 6.53. The van der Waals surface area contributed by atoms with Crippen LogP contribution in [0.5, 0.6) is 0 Å². The molecule has 0 saturated heterocycles. The second-order valence-electron chi connectivity index (χ2n) is 4.51. The summed E-state index contributed by atoms with van der Waals surface area (Å²) in [5, 5.41) is 12.3. The average molecular weight is 328 g/mol. The number of halogens is 1. The molecule has 3 aromatic rings. The van der Waals surface area contributed by atoms with Crippen molar-refractivity contribution in [1.82, 2.24) is 19.9 Å². The van der Waals surface area contributed by atoms with E-state index in [-0.39, 0.29) is 5.56 Å². The molecule has 0 fully saturated rings. The second-order valence-corrected chi connectivity index (χ2v) is 4.90. The van der Waals surface area contributed by atoms with Crippen molar-refractivity contribution >= 4 is 29.2 Å². The number of aromatic carboxylic acids is 1. The van der Waals surface area contributed by atoms with Gasteiger partial charge in [0.15, 0.2) is 5.82 Å². The fourth-order valence-electron chi connectivity index (χ4n) is 1.90. The predicted molar refractivity (Wildman–Crippen MR) is 84.8 cm³/mol. The van der Waals surface area contributed by atoms with Crippen LogP contribution in [0.4, 0.5) is 11.6 Å². The molecule has 0 saturated carbocycles. The molecule has 2 aromatic heterocycles. The Morgan fingerprint density at radius 3 is 2.78 bits per heavy atom. The molecule has 23 heavy (non-hydrogen) atoms. The van der Waals surface area contributed by atoms with Crippen molar-refractivity contribution in [3.63, 3.8) is 0 Å². The SMILES string of the molecule is O=C(O)c1cccc(Nc2ncnc(-c3ccnc(Cl)c3)n2)c1. The number of pyridine rings is 1. The number of carboxylic acid groups (broad SMARTS) is 1. The molecule has 114 valence electrons. The van der Waals surface area contributed by atoms with Gasteiger partial charge < -0.3 is 10.4 Å². The zero-order valence-electron chi connectivity index (χ0n) is 11.6. The smallest absolute Gasteiger partial charge is 0.335 e. The number of aromatic nitrogens is 4. The molecule has 0 spiro atoms. The lowest BCUT2D eigenvalue weighted by molar-refractivity contribution is 0.0697. The number of hydrogen-bond donors (Lipinski definition) is 2. The molecule has 0 aliphatic rings. The van der Waals surface area contributed by atoms with E-state index in [1.54, 1.807) is 30.5 Å². The lowest BCUT2D eigenvalue weighted by atomic mass is 10.2. The Bertz CT molecular complexity index is 872. The maximum absolute atomic E-state index is 11.0. The van der Waals surface area contributed by atoms with Gasteiger partial charge in [-0.25, -0.2) is 19.7 Å². The maximum Gasteiger partial charge on any atom is 0.335 e. The van der Waals surface area contributed by atoms with Crippen LogP contribution in [0.2, 0.25) is 5.15 Å². The first kappa shape index (κ1) is 14.9. The zero-order chi connectivity index (χ0) is 16.2. The van der Waals surface area contributed by atoms with Crippen LogP contribution in [0, 0.1) is 0 Å². The summed E-state index contributed by atoms with van der Waals surface area (Å²) >= 11 is 5.86. The Morgan fingerprint density at radius 1 is 1.13 bits per heavy atom. The Kier molecular flexibility index (Phi) is 4.11. The number of carboxylic acids is 1. The van der Waals surface area contributed by atoms with Gasteiger partial charge in [0, 0.05) is 17.4 Å². The van der Waals surface area contributed by atoms with Gasteiger partial charge >= 0.3 is 5.97 Å². The number of benzene rings is 1. The highest BCUT2D eigenvalue weighted by molar-refractivity contribution is 6.29. The lowest BCUT2D eigenvalue weighted by Gasteiger charge is -2.06. The molecule has 3 rings (SSSR count). The van der Waals surface area contributed by atoms with Gasteiger partial charge in [-0.3, -0.25) is 0 Å². The third-order valence-corrected chi connectivity index (χ3v) is 3.13. The molecule has 0 unspecified atom stereocenters. The Balaban J connectivity index is 1.88. The number of anilines is 2. The van der Waals surface area contributed by atoms with Gasteiger partial charge in [-0.05, 0) is 30.3 Å². The van der Waals surface area contributed by atoms with E-state index in [1.165, 1.54) is 18.5 Å². The first-order valence-corrected chi connectivity index (χ1v) is 6.91. The zero-order valence-corrected chi connectivity index (χ0v) is 12.4. The van der Waals surface area contributed by atoms with Crippen molar-refractivity contribution in [3.05, 3.63) is 59.6 Å². The van der Waals surface area contributed by atoms with E-state index < -0.39 is 5.97 Å². The van der Waals surface area contributed by atoms with Gasteiger partial charge in [0.2, 0.25) is 5.95 Å². The largest absolute Gasteiger partial charge is 0.478 e. The van der Waals surface area contributed by atoms with E-state index in [2.05, 4.69) is 25.3 Å². The minimum Gasteiger partial charge on any atom is -0.478 e. The molecular weight excluding hydrogens is 318 g/mol. The lowest BCUT2D eigenvalue weighted by Crippen LogP contribution is -2.02. The highest BCUT2D eigenvalue weighted by Crippen LogP contribution is 2.19. The molecule has 0 radical (unpaired) electrons. The van der Waals surface area contributed by atoms with Crippen LogP contribution in [0.15, 0.2) is 48.9 Å². The summed E-state index contributed by atoms with van der Waals surface area (Å²) < 4.78 is 0. The van der Waals surface area contributed by atoms with E-state index in [4.69, 9.17) is 16.7 Å². The molecule has 0 aliphatic carbocycles. The highest BCUT2D eigenvalue weighted by atomic mass is 35.5. The van der Waals surface area contributed by atoms with Gasteiger partial charge in [0.25, 0.3) is 0 Å². The van der Waals surface area contributed by atoms with Crippen molar-refractivity contribution in [3.8, 4) is 11.4 Å². The second kappa shape index (κ2) is 6.37. The van der Waals surface area contributed by atoms with Gasteiger partial charge in [0.05, 0.1) is 5.56 Å². The normalized spacial score (nSPS) is 10.3. The van der Waals surface area contributed by atoms with Crippen LogP contribution in [0.25, 0.3) is 11.4 Å². The van der Waals surface area contributed by atoms with Crippen LogP contribution in [-0.2, 0) is 0 Å². The predicted octanol–water partition coefficient (Wildman–Crippen LogP) is 3.03. The Labute approximate surface area is 136 Å². The molecule has 2 heterocycles.